The first kappa shape index (κ1) is 17.2. The second-order valence-corrected chi connectivity index (χ2v) is 8.37. The van der Waals surface area contributed by atoms with E-state index in [2.05, 4.69) is 49.9 Å². The minimum atomic E-state index is 0.343. The van der Waals surface area contributed by atoms with Gasteiger partial charge in [0.25, 0.3) is 0 Å². The van der Waals surface area contributed by atoms with E-state index in [1.54, 1.807) is 0 Å². The molecule has 0 amide bonds. The summed E-state index contributed by atoms with van der Waals surface area (Å²) < 4.78 is 0. The van der Waals surface area contributed by atoms with Gasteiger partial charge in [-0.2, -0.15) is 0 Å². The fourth-order valence-corrected chi connectivity index (χ4v) is 4.11. The summed E-state index contributed by atoms with van der Waals surface area (Å²) >= 11 is 0. The van der Waals surface area contributed by atoms with Gasteiger partial charge < -0.3 is 15.1 Å². The lowest BCUT2D eigenvalue weighted by molar-refractivity contribution is 0.0285. The molecule has 0 aromatic heterocycles. The molecule has 0 saturated carbocycles. The van der Waals surface area contributed by atoms with Gasteiger partial charge in [-0.15, -0.1) is 0 Å². The van der Waals surface area contributed by atoms with E-state index in [1.165, 1.54) is 51.9 Å². The Morgan fingerprint density at radius 3 is 2.62 bits per heavy atom. The van der Waals surface area contributed by atoms with Gasteiger partial charge in [0.05, 0.1) is 0 Å². The van der Waals surface area contributed by atoms with Crippen LogP contribution in [0.3, 0.4) is 0 Å². The molecule has 3 nitrogen and oxygen atoms in total. The highest BCUT2D eigenvalue weighted by atomic mass is 15.2. The molecule has 124 valence electrons. The van der Waals surface area contributed by atoms with E-state index in [4.69, 9.17) is 0 Å². The smallest absolute Gasteiger partial charge is 0.0243 e. The van der Waals surface area contributed by atoms with Gasteiger partial charge in [-0.05, 0) is 63.7 Å². The summed E-state index contributed by atoms with van der Waals surface area (Å²) in [6.07, 6.45) is 5.42. The molecule has 2 rings (SSSR count). The fraction of sp³-hybridized carbons (Fsp3) is 1.00. The van der Waals surface area contributed by atoms with Gasteiger partial charge in [0.1, 0.15) is 0 Å². The minimum Gasteiger partial charge on any atom is -0.312 e. The van der Waals surface area contributed by atoms with E-state index in [1.807, 2.05) is 0 Å². The molecule has 0 aromatic rings. The summed E-state index contributed by atoms with van der Waals surface area (Å²) in [5.41, 5.74) is 0.343. The van der Waals surface area contributed by atoms with Crippen LogP contribution in [-0.4, -0.2) is 61.7 Å². The Morgan fingerprint density at radius 1 is 1.19 bits per heavy atom. The van der Waals surface area contributed by atoms with Crippen molar-refractivity contribution in [3.63, 3.8) is 0 Å². The summed E-state index contributed by atoms with van der Waals surface area (Å²) in [5, 5.41) is 3.79. The Morgan fingerprint density at radius 2 is 1.95 bits per heavy atom. The quantitative estimate of drug-likeness (QED) is 0.841. The van der Waals surface area contributed by atoms with Gasteiger partial charge in [0.2, 0.25) is 0 Å². The predicted molar refractivity (Wildman–Crippen MR) is 91.7 cm³/mol. The van der Waals surface area contributed by atoms with Crippen molar-refractivity contribution in [2.45, 2.75) is 65.5 Å². The van der Waals surface area contributed by atoms with E-state index in [0.717, 1.165) is 18.5 Å². The van der Waals surface area contributed by atoms with Crippen LogP contribution in [0.25, 0.3) is 0 Å². The molecule has 0 spiro atoms. The molecular weight excluding hydrogens is 258 g/mol. The van der Waals surface area contributed by atoms with Gasteiger partial charge >= 0.3 is 0 Å². The molecule has 3 unspecified atom stereocenters. The molecule has 2 aliphatic rings. The van der Waals surface area contributed by atoms with Crippen LogP contribution in [0, 0.1) is 11.3 Å². The molecule has 3 heteroatoms. The van der Waals surface area contributed by atoms with Crippen LogP contribution in [0.15, 0.2) is 0 Å². The maximum atomic E-state index is 3.79. The highest BCUT2D eigenvalue weighted by molar-refractivity contribution is 4.92. The third-order valence-corrected chi connectivity index (χ3v) is 5.56. The highest BCUT2D eigenvalue weighted by Gasteiger charge is 2.35. The summed E-state index contributed by atoms with van der Waals surface area (Å²) in [4.78, 5) is 5.35. The minimum absolute atomic E-state index is 0.343. The lowest BCUT2D eigenvalue weighted by Crippen LogP contribution is -2.56. The number of nitrogens with one attached hydrogen (secondary N) is 1. The molecule has 0 bridgehead atoms. The van der Waals surface area contributed by atoms with Crippen LogP contribution in [0.2, 0.25) is 0 Å². The first-order valence-electron chi connectivity index (χ1n) is 9.07. The average Bonchev–Trinajstić information content (AvgIpc) is 2.42. The van der Waals surface area contributed by atoms with Gasteiger partial charge in [0, 0.05) is 25.2 Å². The zero-order chi connectivity index (χ0) is 15.5. The van der Waals surface area contributed by atoms with Crippen LogP contribution < -0.4 is 5.32 Å². The zero-order valence-corrected chi connectivity index (χ0v) is 15.0. The molecule has 0 aliphatic carbocycles. The van der Waals surface area contributed by atoms with Crippen molar-refractivity contribution < 1.29 is 0 Å². The number of likely N-dealkylation sites (tertiary alicyclic amines) is 2. The van der Waals surface area contributed by atoms with E-state index >= 15 is 0 Å². The Kier molecular flexibility index (Phi) is 6.10. The van der Waals surface area contributed by atoms with Crippen LogP contribution in [0.1, 0.15) is 53.4 Å². The number of rotatable bonds is 5. The van der Waals surface area contributed by atoms with Gasteiger partial charge in [-0.3, -0.25) is 0 Å². The van der Waals surface area contributed by atoms with Crippen molar-refractivity contribution in [2.75, 3.05) is 39.8 Å². The number of piperidine rings is 2. The van der Waals surface area contributed by atoms with Crippen LogP contribution >= 0.6 is 0 Å². The van der Waals surface area contributed by atoms with E-state index in [0.29, 0.717) is 11.5 Å². The predicted octanol–water partition coefficient (Wildman–Crippen LogP) is 2.82. The van der Waals surface area contributed by atoms with Crippen LogP contribution in [0.4, 0.5) is 0 Å². The maximum absolute atomic E-state index is 3.79. The SMILES string of the molecule is CCCNC(CN1CCC2C(CCCN2C)C1)C(C)(C)C. The summed E-state index contributed by atoms with van der Waals surface area (Å²) in [6, 6.07) is 1.46. The van der Waals surface area contributed by atoms with Gasteiger partial charge in [0.15, 0.2) is 0 Å². The Hall–Kier alpha value is -0.120. The number of fused-ring (bicyclic) bond motifs is 1. The third kappa shape index (κ3) is 4.67. The van der Waals surface area contributed by atoms with Crippen LogP contribution in [0.5, 0.6) is 0 Å². The Bertz CT molecular complexity index is 310. The molecular formula is C18H37N3. The van der Waals surface area contributed by atoms with Crippen molar-refractivity contribution in [1.29, 1.82) is 0 Å². The summed E-state index contributed by atoms with van der Waals surface area (Å²) in [7, 11) is 2.33. The molecule has 21 heavy (non-hydrogen) atoms. The largest absolute Gasteiger partial charge is 0.312 e. The second kappa shape index (κ2) is 7.43. The Balaban J connectivity index is 1.89. The second-order valence-electron chi connectivity index (χ2n) is 8.37. The molecule has 1 N–H and O–H groups in total. The molecule has 3 atom stereocenters. The number of hydrogen-bond acceptors (Lipinski definition) is 3. The fourth-order valence-electron chi connectivity index (χ4n) is 4.11. The molecule has 2 saturated heterocycles. The maximum Gasteiger partial charge on any atom is 0.0243 e. The monoisotopic (exact) mass is 295 g/mol. The van der Waals surface area contributed by atoms with Gasteiger partial charge in [-0.25, -0.2) is 0 Å². The van der Waals surface area contributed by atoms with E-state index in [9.17, 15) is 0 Å². The molecule has 0 radical (unpaired) electrons. The third-order valence-electron chi connectivity index (χ3n) is 5.56. The molecule has 2 fully saturated rings. The topological polar surface area (TPSA) is 18.5 Å². The van der Waals surface area contributed by atoms with E-state index in [-0.39, 0.29) is 0 Å². The van der Waals surface area contributed by atoms with Crippen molar-refractivity contribution in [1.82, 2.24) is 15.1 Å². The van der Waals surface area contributed by atoms with Crippen molar-refractivity contribution in [3.8, 4) is 0 Å². The highest BCUT2D eigenvalue weighted by Crippen LogP contribution is 2.30. The lowest BCUT2D eigenvalue weighted by Gasteiger charge is -2.47. The van der Waals surface area contributed by atoms with Crippen molar-refractivity contribution in [2.24, 2.45) is 11.3 Å². The number of nitrogens with zero attached hydrogens (tertiary/aromatic N) is 2. The lowest BCUT2D eigenvalue weighted by atomic mass is 9.82. The molecule has 2 heterocycles. The normalized spacial score (nSPS) is 30.1. The van der Waals surface area contributed by atoms with Crippen LogP contribution in [-0.2, 0) is 0 Å². The molecule has 0 aromatic carbocycles. The van der Waals surface area contributed by atoms with Crippen molar-refractivity contribution in [3.05, 3.63) is 0 Å². The first-order valence-corrected chi connectivity index (χ1v) is 9.07. The summed E-state index contributed by atoms with van der Waals surface area (Å²) in [6.45, 7) is 15.7. The first-order chi connectivity index (χ1) is 9.91. The van der Waals surface area contributed by atoms with E-state index < -0.39 is 0 Å². The molecule has 2 aliphatic heterocycles. The summed E-state index contributed by atoms with van der Waals surface area (Å²) in [5.74, 6) is 0.907. The Labute approximate surface area is 132 Å². The zero-order valence-electron chi connectivity index (χ0n) is 15.0. The van der Waals surface area contributed by atoms with Gasteiger partial charge in [-0.1, -0.05) is 27.7 Å². The van der Waals surface area contributed by atoms with Crippen molar-refractivity contribution >= 4 is 0 Å². The number of hydrogen-bond donors (Lipinski definition) is 1. The average molecular weight is 296 g/mol. The standard InChI is InChI=1S/C18H37N3/c1-6-10-19-17(18(2,3)4)14-21-12-9-16-15(13-21)8-7-11-20(16)5/h15-17,19H,6-14H2,1-5H3.